The third kappa shape index (κ3) is 2.33. The Hall–Kier alpha value is -1.38. The monoisotopic (exact) mass is 265 g/mol. The molecule has 0 atom stereocenters. The van der Waals surface area contributed by atoms with Gasteiger partial charge in [-0.05, 0) is 36.8 Å². The lowest BCUT2D eigenvalue weighted by molar-refractivity contribution is 0.112. The number of aromatic nitrogens is 1. The standard InChI is InChI=1S/C13H9Cl2NO/c1-8-9(7-17)4-5-16-13(8)11-6-10(14)2-3-12(11)15/h2-7H,1H3. The lowest BCUT2D eigenvalue weighted by Crippen LogP contribution is -1.94. The van der Waals surface area contributed by atoms with E-state index in [1.807, 2.05) is 6.92 Å². The van der Waals surface area contributed by atoms with Gasteiger partial charge < -0.3 is 0 Å². The second kappa shape index (κ2) is 4.86. The predicted molar refractivity (Wildman–Crippen MR) is 69.8 cm³/mol. The van der Waals surface area contributed by atoms with Crippen molar-refractivity contribution in [1.29, 1.82) is 0 Å². The minimum atomic E-state index is 0.563. The summed E-state index contributed by atoms with van der Waals surface area (Å²) in [6.45, 7) is 1.84. The molecule has 0 fully saturated rings. The molecule has 1 aromatic carbocycles. The fourth-order valence-corrected chi connectivity index (χ4v) is 2.01. The number of rotatable bonds is 2. The van der Waals surface area contributed by atoms with Crippen molar-refractivity contribution in [1.82, 2.24) is 4.98 Å². The van der Waals surface area contributed by atoms with E-state index in [1.165, 1.54) is 0 Å². The maximum Gasteiger partial charge on any atom is 0.150 e. The quantitative estimate of drug-likeness (QED) is 0.763. The van der Waals surface area contributed by atoms with E-state index < -0.39 is 0 Å². The van der Waals surface area contributed by atoms with Gasteiger partial charge in [-0.25, -0.2) is 0 Å². The van der Waals surface area contributed by atoms with Gasteiger partial charge in [0.15, 0.2) is 0 Å². The van der Waals surface area contributed by atoms with Gasteiger partial charge in [0, 0.05) is 22.3 Å². The molecule has 0 aliphatic rings. The first-order valence-corrected chi connectivity index (χ1v) is 5.75. The Balaban J connectivity index is 2.68. The van der Waals surface area contributed by atoms with Crippen LogP contribution in [0.3, 0.4) is 0 Å². The maximum absolute atomic E-state index is 10.9. The second-order valence-corrected chi connectivity index (χ2v) is 4.46. The van der Waals surface area contributed by atoms with Crippen molar-refractivity contribution in [3.63, 3.8) is 0 Å². The molecule has 0 saturated heterocycles. The number of hydrogen-bond donors (Lipinski definition) is 0. The van der Waals surface area contributed by atoms with E-state index >= 15 is 0 Å². The fraction of sp³-hybridized carbons (Fsp3) is 0.0769. The molecular formula is C13H9Cl2NO. The number of aldehydes is 1. The number of carbonyl (C=O) groups is 1. The van der Waals surface area contributed by atoms with E-state index in [-0.39, 0.29) is 0 Å². The highest BCUT2D eigenvalue weighted by Gasteiger charge is 2.11. The normalized spacial score (nSPS) is 10.3. The summed E-state index contributed by atoms with van der Waals surface area (Å²) in [4.78, 5) is 15.1. The van der Waals surface area contributed by atoms with Crippen LogP contribution < -0.4 is 0 Å². The summed E-state index contributed by atoms with van der Waals surface area (Å²) in [7, 11) is 0. The van der Waals surface area contributed by atoms with Crippen molar-refractivity contribution in [3.05, 3.63) is 51.6 Å². The SMILES string of the molecule is Cc1c(C=O)ccnc1-c1cc(Cl)ccc1Cl. The highest BCUT2D eigenvalue weighted by Crippen LogP contribution is 2.31. The first-order valence-electron chi connectivity index (χ1n) is 4.99. The van der Waals surface area contributed by atoms with Crippen LogP contribution in [0, 0.1) is 6.92 Å². The molecule has 17 heavy (non-hydrogen) atoms. The number of carbonyl (C=O) groups excluding carboxylic acids is 1. The Morgan fingerprint density at radius 2 is 2.00 bits per heavy atom. The van der Waals surface area contributed by atoms with Gasteiger partial charge in [-0.2, -0.15) is 0 Å². The van der Waals surface area contributed by atoms with Gasteiger partial charge >= 0.3 is 0 Å². The maximum atomic E-state index is 10.9. The number of benzene rings is 1. The molecule has 0 aliphatic heterocycles. The van der Waals surface area contributed by atoms with Crippen LogP contribution >= 0.6 is 23.2 Å². The largest absolute Gasteiger partial charge is 0.298 e. The first-order chi connectivity index (χ1) is 8.13. The Bertz CT molecular complexity index is 582. The lowest BCUT2D eigenvalue weighted by Gasteiger charge is -2.08. The number of pyridine rings is 1. The second-order valence-electron chi connectivity index (χ2n) is 3.62. The molecule has 0 unspecified atom stereocenters. The molecule has 2 aromatic rings. The first kappa shape index (κ1) is 12.1. The Labute approximate surface area is 109 Å². The van der Waals surface area contributed by atoms with Crippen molar-refractivity contribution in [2.45, 2.75) is 6.92 Å². The van der Waals surface area contributed by atoms with Gasteiger partial charge in [0.25, 0.3) is 0 Å². The average Bonchev–Trinajstić information content (AvgIpc) is 2.33. The molecule has 1 aromatic heterocycles. The van der Waals surface area contributed by atoms with Gasteiger partial charge in [-0.15, -0.1) is 0 Å². The van der Waals surface area contributed by atoms with Gasteiger partial charge in [-0.3, -0.25) is 9.78 Å². The number of hydrogen-bond acceptors (Lipinski definition) is 2. The topological polar surface area (TPSA) is 30.0 Å². The summed E-state index contributed by atoms with van der Waals surface area (Å²) < 4.78 is 0. The molecule has 86 valence electrons. The molecule has 0 amide bonds. The minimum absolute atomic E-state index is 0.563. The molecule has 2 rings (SSSR count). The molecule has 4 heteroatoms. The van der Waals surface area contributed by atoms with E-state index in [0.717, 1.165) is 17.4 Å². The molecular weight excluding hydrogens is 257 g/mol. The summed E-state index contributed by atoms with van der Waals surface area (Å²) in [5.41, 5.74) is 2.82. The third-order valence-electron chi connectivity index (χ3n) is 2.56. The van der Waals surface area contributed by atoms with Gasteiger partial charge in [0.1, 0.15) is 6.29 Å². The zero-order valence-corrected chi connectivity index (χ0v) is 10.6. The van der Waals surface area contributed by atoms with Crippen LogP contribution in [0.5, 0.6) is 0 Å². The van der Waals surface area contributed by atoms with Crippen molar-refractivity contribution < 1.29 is 4.79 Å². The summed E-state index contributed by atoms with van der Waals surface area (Å²) in [5, 5.41) is 1.15. The highest BCUT2D eigenvalue weighted by molar-refractivity contribution is 6.35. The number of halogens is 2. The minimum Gasteiger partial charge on any atom is -0.298 e. The van der Waals surface area contributed by atoms with Crippen LogP contribution in [-0.4, -0.2) is 11.3 Å². The van der Waals surface area contributed by atoms with Crippen molar-refractivity contribution >= 4 is 29.5 Å². The van der Waals surface area contributed by atoms with Crippen LogP contribution in [0.15, 0.2) is 30.5 Å². The molecule has 0 aliphatic carbocycles. The van der Waals surface area contributed by atoms with Crippen LogP contribution in [0.25, 0.3) is 11.3 Å². The zero-order valence-electron chi connectivity index (χ0n) is 9.08. The average molecular weight is 266 g/mol. The van der Waals surface area contributed by atoms with E-state index in [0.29, 0.717) is 21.3 Å². The van der Waals surface area contributed by atoms with Crippen molar-refractivity contribution in [2.24, 2.45) is 0 Å². The summed E-state index contributed by atoms with van der Waals surface area (Å²) in [6.07, 6.45) is 2.39. The molecule has 0 bridgehead atoms. The van der Waals surface area contributed by atoms with Gasteiger partial charge in [0.05, 0.1) is 10.7 Å². The van der Waals surface area contributed by atoms with Crippen LogP contribution in [0.1, 0.15) is 15.9 Å². The van der Waals surface area contributed by atoms with E-state index in [2.05, 4.69) is 4.98 Å². The van der Waals surface area contributed by atoms with Gasteiger partial charge in [-0.1, -0.05) is 23.2 Å². The Morgan fingerprint density at radius 1 is 1.24 bits per heavy atom. The summed E-state index contributed by atoms with van der Waals surface area (Å²) in [5.74, 6) is 0. The lowest BCUT2D eigenvalue weighted by atomic mass is 10.0. The van der Waals surface area contributed by atoms with Crippen LogP contribution in [0.2, 0.25) is 10.0 Å². The van der Waals surface area contributed by atoms with Crippen molar-refractivity contribution in [3.8, 4) is 11.3 Å². The van der Waals surface area contributed by atoms with Crippen molar-refractivity contribution in [2.75, 3.05) is 0 Å². The van der Waals surface area contributed by atoms with Crippen LogP contribution in [-0.2, 0) is 0 Å². The van der Waals surface area contributed by atoms with E-state index in [9.17, 15) is 4.79 Å². The molecule has 2 nitrogen and oxygen atoms in total. The molecule has 0 radical (unpaired) electrons. The molecule has 0 N–H and O–H groups in total. The molecule has 0 spiro atoms. The third-order valence-corrected chi connectivity index (χ3v) is 3.12. The summed E-state index contributed by atoms with van der Waals surface area (Å²) >= 11 is 12.0. The van der Waals surface area contributed by atoms with Crippen LogP contribution in [0.4, 0.5) is 0 Å². The molecule has 1 heterocycles. The zero-order chi connectivity index (χ0) is 12.4. The smallest absolute Gasteiger partial charge is 0.150 e. The Morgan fingerprint density at radius 3 is 2.71 bits per heavy atom. The number of nitrogens with zero attached hydrogens (tertiary/aromatic N) is 1. The van der Waals surface area contributed by atoms with E-state index in [1.54, 1.807) is 30.5 Å². The Kier molecular flexibility index (Phi) is 3.46. The fourth-order valence-electron chi connectivity index (χ4n) is 1.63. The molecule has 0 saturated carbocycles. The van der Waals surface area contributed by atoms with E-state index in [4.69, 9.17) is 23.2 Å². The van der Waals surface area contributed by atoms with Gasteiger partial charge in [0.2, 0.25) is 0 Å². The highest BCUT2D eigenvalue weighted by atomic mass is 35.5. The predicted octanol–water partition coefficient (Wildman–Crippen LogP) is 4.18. The summed E-state index contributed by atoms with van der Waals surface area (Å²) in [6, 6.07) is 6.85.